The first-order chi connectivity index (χ1) is 15.6. The second-order valence-electron chi connectivity index (χ2n) is 7.88. The minimum Gasteiger partial charge on any atom is -0.481 e. The molecule has 0 unspecified atom stereocenters. The number of methoxy groups -OCH3 is 1. The Morgan fingerprint density at radius 3 is 2.47 bits per heavy atom. The van der Waals surface area contributed by atoms with Crippen molar-refractivity contribution in [2.24, 2.45) is 0 Å². The number of fused-ring (bicyclic) bond motifs is 1. The summed E-state index contributed by atoms with van der Waals surface area (Å²) in [5.41, 5.74) is 5.46. The number of pyridine rings is 1. The number of hydrogen-bond acceptors (Lipinski definition) is 4. The molecule has 0 saturated carbocycles. The Balaban J connectivity index is 1.65. The molecule has 2 aromatic carbocycles. The average Bonchev–Trinajstić information content (AvgIpc) is 3.41. The number of hydrogen-bond donors (Lipinski definition) is 0. The molecule has 0 radical (unpaired) electrons. The predicted molar refractivity (Wildman–Crippen MR) is 126 cm³/mol. The molecule has 0 bridgehead atoms. The van der Waals surface area contributed by atoms with Crippen LogP contribution in [0.2, 0.25) is 0 Å². The fraction of sp³-hybridized carbons (Fsp3) is 0.192. The maximum atomic E-state index is 5.21. The van der Waals surface area contributed by atoms with Gasteiger partial charge in [0.15, 0.2) is 0 Å². The first-order valence-corrected chi connectivity index (χ1v) is 10.7. The second-order valence-corrected chi connectivity index (χ2v) is 7.88. The summed E-state index contributed by atoms with van der Waals surface area (Å²) >= 11 is 0. The van der Waals surface area contributed by atoms with Crippen molar-refractivity contribution in [3.8, 4) is 17.0 Å². The standard InChI is InChI=1S/C26H25N5O/c1-18(20-7-5-4-6-8-20)31-24-15-21(22-10-12-26(32-3)28-16-22)9-11-23(24)29-25(31)17-30-14-13-27-19(30)2/h4-16,18H,17H2,1-3H3/t18-/m0/s1. The van der Waals surface area contributed by atoms with E-state index in [1.807, 2.05) is 43.7 Å². The normalized spacial score (nSPS) is 12.2. The lowest BCUT2D eigenvalue weighted by molar-refractivity contribution is 0.398. The number of ether oxygens (including phenoxy) is 1. The number of rotatable bonds is 6. The Labute approximate surface area is 187 Å². The van der Waals surface area contributed by atoms with Gasteiger partial charge in [0, 0.05) is 30.2 Å². The fourth-order valence-corrected chi connectivity index (χ4v) is 4.14. The first kappa shape index (κ1) is 20.0. The average molecular weight is 424 g/mol. The minimum absolute atomic E-state index is 0.129. The van der Waals surface area contributed by atoms with E-state index in [0.717, 1.165) is 33.8 Å². The molecule has 0 N–H and O–H groups in total. The molecule has 0 saturated heterocycles. The molecule has 6 nitrogen and oxygen atoms in total. The molecule has 3 heterocycles. The van der Waals surface area contributed by atoms with Gasteiger partial charge in [-0.1, -0.05) is 36.4 Å². The van der Waals surface area contributed by atoms with Crippen LogP contribution in [-0.4, -0.2) is 31.2 Å². The summed E-state index contributed by atoms with van der Waals surface area (Å²) < 4.78 is 9.67. The van der Waals surface area contributed by atoms with Gasteiger partial charge in [0.05, 0.1) is 30.7 Å². The molecule has 0 aliphatic carbocycles. The van der Waals surface area contributed by atoms with Crippen molar-refractivity contribution < 1.29 is 4.74 Å². The van der Waals surface area contributed by atoms with E-state index in [4.69, 9.17) is 9.72 Å². The Morgan fingerprint density at radius 1 is 0.969 bits per heavy atom. The SMILES string of the molecule is COc1ccc(-c2ccc3nc(Cn4ccnc4C)n([C@@H](C)c4ccccc4)c3c2)cn1. The van der Waals surface area contributed by atoms with E-state index in [9.17, 15) is 0 Å². The lowest BCUT2D eigenvalue weighted by atomic mass is 10.1. The molecule has 6 heteroatoms. The summed E-state index contributed by atoms with van der Waals surface area (Å²) in [5.74, 6) is 2.58. The van der Waals surface area contributed by atoms with Gasteiger partial charge in [0.1, 0.15) is 11.6 Å². The van der Waals surface area contributed by atoms with E-state index >= 15 is 0 Å². The van der Waals surface area contributed by atoms with Crippen LogP contribution in [-0.2, 0) is 6.54 Å². The number of nitrogens with zero attached hydrogens (tertiary/aromatic N) is 5. The van der Waals surface area contributed by atoms with Crippen LogP contribution in [0, 0.1) is 6.92 Å². The highest BCUT2D eigenvalue weighted by atomic mass is 16.5. The van der Waals surface area contributed by atoms with Crippen molar-refractivity contribution in [1.82, 2.24) is 24.1 Å². The van der Waals surface area contributed by atoms with E-state index in [1.165, 1.54) is 5.56 Å². The summed E-state index contributed by atoms with van der Waals surface area (Å²) in [4.78, 5) is 13.8. The number of aromatic nitrogens is 5. The maximum Gasteiger partial charge on any atom is 0.212 e. The quantitative estimate of drug-likeness (QED) is 0.373. The zero-order valence-corrected chi connectivity index (χ0v) is 18.4. The van der Waals surface area contributed by atoms with E-state index < -0.39 is 0 Å². The molecule has 0 amide bonds. The maximum absolute atomic E-state index is 5.21. The topological polar surface area (TPSA) is 57.8 Å². The molecule has 160 valence electrons. The Bertz CT molecular complexity index is 1350. The van der Waals surface area contributed by atoms with Gasteiger partial charge in [-0.05, 0) is 43.2 Å². The zero-order valence-electron chi connectivity index (χ0n) is 18.4. The molecule has 1 atom stereocenters. The Hall–Kier alpha value is -3.93. The molecular formula is C26H25N5O. The van der Waals surface area contributed by atoms with Crippen molar-refractivity contribution in [1.29, 1.82) is 0 Å². The minimum atomic E-state index is 0.129. The predicted octanol–water partition coefficient (Wildman–Crippen LogP) is 5.27. The second kappa shape index (κ2) is 8.30. The van der Waals surface area contributed by atoms with E-state index in [0.29, 0.717) is 12.4 Å². The molecule has 32 heavy (non-hydrogen) atoms. The third-order valence-corrected chi connectivity index (χ3v) is 5.95. The smallest absolute Gasteiger partial charge is 0.212 e. The molecule has 3 aromatic heterocycles. The fourth-order valence-electron chi connectivity index (χ4n) is 4.14. The monoisotopic (exact) mass is 423 g/mol. The van der Waals surface area contributed by atoms with Crippen LogP contribution in [0.3, 0.4) is 0 Å². The van der Waals surface area contributed by atoms with Gasteiger partial charge in [-0.25, -0.2) is 15.0 Å². The van der Waals surface area contributed by atoms with Crippen LogP contribution < -0.4 is 4.74 Å². The lowest BCUT2D eigenvalue weighted by Crippen LogP contribution is -2.14. The van der Waals surface area contributed by atoms with Crippen LogP contribution >= 0.6 is 0 Å². The van der Waals surface area contributed by atoms with E-state index in [1.54, 1.807) is 7.11 Å². The van der Waals surface area contributed by atoms with Gasteiger partial charge in [-0.2, -0.15) is 0 Å². The van der Waals surface area contributed by atoms with Crippen molar-refractivity contribution >= 4 is 11.0 Å². The van der Waals surface area contributed by atoms with Crippen molar-refractivity contribution in [3.05, 3.63) is 96.5 Å². The largest absolute Gasteiger partial charge is 0.481 e. The molecule has 0 aliphatic heterocycles. The lowest BCUT2D eigenvalue weighted by Gasteiger charge is -2.19. The first-order valence-electron chi connectivity index (χ1n) is 10.7. The van der Waals surface area contributed by atoms with Crippen LogP contribution in [0.5, 0.6) is 5.88 Å². The van der Waals surface area contributed by atoms with Gasteiger partial charge in [-0.15, -0.1) is 0 Å². The van der Waals surface area contributed by atoms with Gasteiger partial charge in [0.25, 0.3) is 0 Å². The summed E-state index contributed by atoms with van der Waals surface area (Å²) in [6, 6.07) is 21.0. The number of aryl methyl sites for hydroxylation is 1. The molecule has 0 fully saturated rings. The van der Waals surface area contributed by atoms with Crippen LogP contribution in [0.4, 0.5) is 0 Å². The molecule has 5 rings (SSSR count). The zero-order chi connectivity index (χ0) is 22.1. The highest BCUT2D eigenvalue weighted by Crippen LogP contribution is 2.30. The van der Waals surface area contributed by atoms with Gasteiger partial charge < -0.3 is 13.9 Å². The summed E-state index contributed by atoms with van der Waals surface area (Å²) in [5, 5.41) is 0. The van der Waals surface area contributed by atoms with Gasteiger partial charge >= 0.3 is 0 Å². The Morgan fingerprint density at radius 2 is 1.78 bits per heavy atom. The third-order valence-electron chi connectivity index (χ3n) is 5.95. The van der Waals surface area contributed by atoms with Crippen molar-refractivity contribution in [2.45, 2.75) is 26.4 Å². The van der Waals surface area contributed by atoms with Crippen LogP contribution in [0.25, 0.3) is 22.2 Å². The van der Waals surface area contributed by atoms with Gasteiger partial charge in [-0.3, -0.25) is 0 Å². The van der Waals surface area contributed by atoms with Crippen LogP contribution in [0.15, 0.2) is 79.3 Å². The summed E-state index contributed by atoms with van der Waals surface area (Å²) in [6.45, 7) is 4.90. The summed E-state index contributed by atoms with van der Waals surface area (Å²) in [7, 11) is 1.63. The summed E-state index contributed by atoms with van der Waals surface area (Å²) in [6.07, 6.45) is 5.68. The van der Waals surface area contributed by atoms with E-state index in [-0.39, 0.29) is 6.04 Å². The number of imidazole rings is 2. The molecule has 0 aliphatic rings. The van der Waals surface area contributed by atoms with Crippen LogP contribution in [0.1, 0.15) is 30.2 Å². The third kappa shape index (κ3) is 3.64. The molecule has 0 spiro atoms. The van der Waals surface area contributed by atoms with Crippen molar-refractivity contribution in [2.75, 3.05) is 7.11 Å². The molecular weight excluding hydrogens is 398 g/mol. The van der Waals surface area contributed by atoms with Gasteiger partial charge in [0.2, 0.25) is 5.88 Å². The highest BCUT2D eigenvalue weighted by molar-refractivity contribution is 5.83. The molecule has 5 aromatic rings. The Kier molecular flexibility index (Phi) is 5.19. The highest BCUT2D eigenvalue weighted by Gasteiger charge is 2.19. The van der Waals surface area contributed by atoms with Crippen molar-refractivity contribution in [3.63, 3.8) is 0 Å². The number of benzene rings is 2. The van der Waals surface area contributed by atoms with E-state index in [2.05, 4.69) is 68.5 Å².